The van der Waals surface area contributed by atoms with E-state index in [-0.39, 0.29) is 5.11 Å². The Hall–Kier alpha value is -1.80. The zero-order chi connectivity index (χ0) is 14.4. The van der Waals surface area contributed by atoms with Crippen molar-refractivity contribution in [2.45, 2.75) is 6.23 Å². The number of rotatable bonds is 4. The minimum atomic E-state index is -0.911. The summed E-state index contributed by atoms with van der Waals surface area (Å²) < 4.78 is 0. The first-order chi connectivity index (χ1) is 9.66. The van der Waals surface area contributed by atoms with Crippen LogP contribution in [0.2, 0.25) is 5.02 Å². The lowest BCUT2D eigenvalue weighted by molar-refractivity contribution is 0.131. The van der Waals surface area contributed by atoms with Gasteiger partial charge in [0.1, 0.15) is 6.23 Å². The highest BCUT2D eigenvalue weighted by molar-refractivity contribution is 7.80. The first kappa shape index (κ1) is 14.6. The Kier molecular flexibility index (Phi) is 5.19. The van der Waals surface area contributed by atoms with Gasteiger partial charge < -0.3 is 10.4 Å². The zero-order valence-corrected chi connectivity index (χ0v) is 11.8. The quantitative estimate of drug-likeness (QED) is 0.388. The smallest absolute Gasteiger partial charge is 0.185 e. The predicted octanol–water partition coefficient (Wildman–Crippen LogP) is 1.61. The average Bonchev–Trinajstić information content (AvgIpc) is 2.48. The number of aliphatic hydroxyl groups excluding tert-OH is 1. The maximum atomic E-state index is 9.87. The molecule has 0 amide bonds. The summed E-state index contributed by atoms with van der Waals surface area (Å²) in [5.74, 6) is 0. The minimum absolute atomic E-state index is 0.270. The molecular formula is C12H12ClN5OS. The van der Waals surface area contributed by atoms with Crippen molar-refractivity contribution in [3.8, 4) is 0 Å². The fourth-order valence-corrected chi connectivity index (χ4v) is 1.73. The van der Waals surface area contributed by atoms with Crippen LogP contribution >= 0.6 is 23.8 Å². The Morgan fingerprint density at radius 3 is 2.60 bits per heavy atom. The van der Waals surface area contributed by atoms with Crippen molar-refractivity contribution < 1.29 is 5.11 Å². The molecule has 0 radical (unpaired) electrons. The molecule has 1 unspecified atom stereocenters. The number of aliphatic hydroxyl groups is 1. The van der Waals surface area contributed by atoms with Gasteiger partial charge in [0.2, 0.25) is 0 Å². The lowest BCUT2D eigenvalue weighted by Gasteiger charge is -2.16. The van der Waals surface area contributed by atoms with E-state index in [1.165, 1.54) is 6.20 Å². The summed E-state index contributed by atoms with van der Waals surface area (Å²) in [6.45, 7) is 0. The number of hydrogen-bond donors (Lipinski definition) is 4. The number of hydrogen-bond acceptors (Lipinski definition) is 5. The molecule has 0 saturated heterocycles. The lowest BCUT2D eigenvalue weighted by atomic mass is 10.2. The second kappa shape index (κ2) is 7.11. The van der Waals surface area contributed by atoms with Crippen molar-refractivity contribution in [1.29, 1.82) is 0 Å². The molecule has 0 saturated carbocycles. The van der Waals surface area contributed by atoms with E-state index < -0.39 is 6.23 Å². The highest BCUT2D eigenvalue weighted by atomic mass is 35.5. The normalized spacial score (nSPS) is 11.7. The van der Waals surface area contributed by atoms with Crippen LogP contribution in [0.15, 0.2) is 43.0 Å². The SMILES string of the molecule is OC(NNC(=S)Nc1ccncc1Cl)c1ccncc1. The molecule has 2 aromatic heterocycles. The van der Waals surface area contributed by atoms with E-state index in [1.807, 2.05) is 0 Å². The fraction of sp³-hybridized carbons (Fsp3) is 0.0833. The van der Waals surface area contributed by atoms with Crippen LogP contribution in [0.5, 0.6) is 0 Å². The van der Waals surface area contributed by atoms with Crippen LogP contribution in [0.1, 0.15) is 11.8 Å². The molecule has 0 aliphatic carbocycles. The van der Waals surface area contributed by atoms with Crippen LogP contribution in [0.4, 0.5) is 5.69 Å². The molecule has 4 N–H and O–H groups in total. The molecule has 104 valence electrons. The molecule has 0 bridgehead atoms. The van der Waals surface area contributed by atoms with Gasteiger partial charge >= 0.3 is 0 Å². The van der Waals surface area contributed by atoms with Gasteiger partial charge in [0.25, 0.3) is 0 Å². The van der Waals surface area contributed by atoms with Crippen molar-refractivity contribution in [2.24, 2.45) is 0 Å². The fourth-order valence-electron chi connectivity index (χ4n) is 1.39. The lowest BCUT2D eigenvalue weighted by Crippen LogP contribution is -2.42. The van der Waals surface area contributed by atoms with Crippen LogP contribution in [-0.2, 0) is 0 Å². The topological polar surface area (TPSA) is 82.1 Å². The number of nitrogens with zero attached hydrogens (tertiary/aromatic N) is 2. The second-order valence-corrected chi connectivity index (χ2v) is 4.58. The van der Waals surface area contributed by atoms with E-state index in [0.29, 0.717) is 16.3 Å². The van der Waals surface area contributed by atoms with Crippen LogP contribution < -0.4 is 16.2 Å². The van der Waals surface area contributed by atoms with E-state index in [9.17, 15) is 5.11 Å². The van der Waals surface area contributed by atoms with Gasteiger partial charge in [-0.1, -0.05) is 11.6 Å². The van der Waals surface area contributed by atoms with Gasteiger partial charge in [0.15, 0.2) is 5.11 Å². The Morgan fingerprint density at radius 1 is 1.20 bits per heavy atom. The van der Waals surface area contributed by atoms with Gasteiger partial charge in [-0.2, -0.15) is 0 Å². The van der Waals surface area contributed by atoms with E-state index in [1.54, 1.807) is 36.8 Å². The zero-order valence-electron chi connectivity index (χ0n) is 10.2. The van der Waals surface area contributed by atoms with Crippen molar-refractivity contribution in [3.63, 3.8) is 0 Å². The Balaban J connectivity index is 1.85. The van der Waals surface area contributed by atoms with Crippen molar-refractivity contribution in [3.05, 3.63) is 53.6 Å². The highest BCUT2D eigenvalue weighted by Gasteiger charge is 2.07. The number of nitrogens with one attached hydrogen (secondary N) is 3. The molecule has 20 heavy (non-hydrogen) atoms. The van der Waals surface area contributed by atoms with E-state index in [0.717, 1.165) is 0 Å². The number of hydrazine groups is 1. The summed E-state index contributed by atoms with van der Waals surface area (Å²) >= 11 is 11.0. The maximum Gasteiger partial charge on any atom is 0.185 e. The Bertz CT molecular complexity index is 583. The van der Waals surface area contributed by atoms with Gasteiger partial charge in [-0.3, -0.25) is 15.4 Å². The summed E-state index contributed by atoms with van der Waals surface area (Å²) in [5.41, 5.74) is 6.62. The molecule has 2 aromatic rings. The van der Waals surface area contributed by atoms with E-state index in [2.05, 4.69) is 26.1 Å². The number of aromatic nitrogens is 2. The third-order valence-corrected chi connectivity index (χ3v) is 2.87. The third kappa shape index (κ3) is 4.10. The molecule has 0 aliphatic heterocycles. The molecule has 6 nitrogen and oxygen atoms in total. The molecule has 0 fully saturated rings. The summed E-state index contributed by atoms with van der Waals surface area (Å²) in [4.78, 5) is 7.74. The van der Waals surface area contributed by atoms with Crippen LogP contribution in [0.3, 0.4) is 0 Å². The maximum absolute atomic E-state index is 9.87. The summed E-state index contributed by atoms with van der Waals surface area (Å²) in [7, 11) is 0. The molecule has 2 heterocycles. The van der Waals surface area contributed by atoms with Crippen molar-refractivity contribution in [1.82, 2.24) is 20.8 Å². The van der Waals surface area contributed by atoms with Crippen molar-refractivity contribution in [2.75, 3.05) is 5.32 Å². The summed E-state index contributed by atoms with van der Waals surface area (Å²) in [6, 6.07) is 5.07. The summed E-state index contributed by atoms with van der Waals surface area (Å²) in [6.07, 6.45) is 5.37. The van der Waals surface area contributed by atoms with Crippen LogP contribution in [0, 0.1) is 0 Å². The van der Waals surface area contributed by atoms with Gasteiger partial charge in [-0.15, -0.1) is 0 Å². The number of pyridine rings is 2. The first-order valence-corrected chi connectivity index (χ1v) is 6.45. The van der Waals surface area contributed by atoms with Gasteiger partial charge in [0, 0.05) is 24.8 Å². The van der Waals surface area contributed by atoms with Gasteiger partial charge in [0.05, 0.1) is 10.7 Å². The largest absolute Gasteiger partial charge is 0.373 e. The van der Waals surface area contributed by atoms with Gasteiger partial charge in [-0.25, -0.2) is 5.43 Å². The average molecular weight is 310 g/mol. The van der Waals surface area contributed by atoms with Crippen LogP contribution in [-0.4, -0.2) is 20.2 Å². The predicted molar refractivity (Wildman–Crippen MR) is 80.9 cm³/mol. The Labute approximate surface area is 126 Å². The molecule has 0 aliphatic rings. The van der Waals surface area contributed by atoms with Crippen molar-refractivity contribution >= 4 is 34.6 Å². The number of anilines is 1. The van der Waals surface area contributed by atoms with Crippen LogP contribution in [0.25, 0.3) is 0 Å². The van der Waals surface area contributed by atoms with Gasteiger partial charge in [-0.05, 0) is 36.0 Å². The minimum Gasteiger partial charge on any atom is -0.373 e. The number of halogens is 1. The first-order valence-electron chi connectivity index (χ1n) is 5.67. The molecule has 2 rings (SSSR count). The standard InChI is InChI=1S/C12H12ClN5OS/c13-9-7-15-6-3-10(9)16-12(20)18-17-11(19)8-1-4-14-5-2-8/h1-7,11,17,19H,(H2,15,16,18,20). The highest BCUT2D eigenvalue weighted by Crippen LogP contribution is 2.18. The van der Waals surface area contributed by atoms with E-state index in [4.69, 9.17) is 23.8 Å². The molecule has 1 atom stereocenters. The third-order valence-electron chi connectivity index (χ3n) is 2.36. The molecule has 8 heteroatoms. The molecule has 0 spiro atoms. The second-order valence-electron chi connectivity index (χ2n) is 3.76. The molecule has 0 aromatic carbocycles. The summed E-state index contributed by atoms with van der Waals surface area (Å²) in [5, 5.41) is 13.5. The number of thiocarbonyl (C=S) groups is 1. The Morgan fingerprint density at radius 2 is 1.90 bits per heavy atom. The molecular weight excluding hydrogens is 298 g/mol. The van der Waals surface area contributed by atoms with E-state index >= 15 is 0 Å². The monoisotopic (exact) mass is 309 g/mol.